The minimum absolute atomic E-state index is 0.0333. The molecular formula is C13H15N3O2S. The summed E-state index contributed by atoms with van der Waals surface area (Å²) in [6.45, 7) is 3.91. The first-order valence-corrected chi connectivity index (χ1v) is 6.96. The van der Waals surface area contributed by atoms with E-state index in [9.17, 15) is 9.90 Å². The lowest BCUT2D eigenvalue weighted by Gasteiger charge is -2.20. The molecule has 0 aliphatic carbocycles. The summed E-state index contributed by atoms with van der Waals surface area (Å²) >= 11 is 1.64. The van der Waals surface area contributed by atoms with Gasteiger partial charge in [-0.05, 0) is 26.0 Å². The fourth-order valence-corrected chi connectivity index (χ4v) is 3.91. The van der Waals surface area contributed by atoms with Gasteiger partial charge in [0.05, 0.1) is 5.37 Å². The number of nitrogens with one attached hydrogen (secondary N) is 2. The monoisotopic (exact) mass is 277 g/mol. The van der Waals surface area contributed by atoms with E-state index < -0.39 is 12.0 Å². The first-order chi connectivity index (χ1) is 8.99. The lowest BCUT2D eigenvalue weighted by Crippen LogP contribution is -2.43. The lowest BCUT2D eigenvalue weighted by molar-refractivity contribution is -0.139. The van der Waals surface area contributed by atoms with Crippen LogP contribution in [0.15, 0.2) is 24.5 Å². The van der Waals surface area contributed by atoms with Gasteiger partial charge in [0.2, 0.25) is 0 Å². The van der Waals surface area contributed by atoms with Crippen LogP contribution in [0.1, 0.15) is 24.8 Å². The van der Waals surface area contributed by atoms with Crippen LogP contribution in [0.3, 0.4) is 0 Å². The number of hydrogen-bond acceptors (Lipinski definition) is 4. The van der Waals surface area contributed by atoms with E-state index in [0.29, 0.717) is 0 Å². The van der Waals surface area contributed by atoms with Crippen molar-refractivity contribution in [3.63, 3.8) is 0 Å². The molecule has 3 heterocycles. The second-order valence-electron chi connectivity index (χ2n) is 5.18. The number of hydrogen-bond donors (Lipinski definition) is 3. The highest BCUT2D eigenvalue weighted by molar-refractivity contribution is 8.01. The summed E-state index contributed by atoms with van der Waals surface area (Å²) < 4.78 is -0.345. The topological polar surface area (TPSA) is 78.0 Å². The molecule has 5 nitrogen and oxygen atoms in total. The molecule has 19 heavy (non-hydrogen) atoms. The molecule has 2 aromatic rings. The minimum Gasteiger partial charge on any atom is -0.480 e. The van der Waals surface area contributed by atoms with Crippen LogP contribution in [0.25, 0.3) is 11.0 Å². The Morgan fingerprint density at radius 2 is 2.32 bits per heavy atom. The van der Waals surface area contributed by atoms with Gasteiger partial charge in [-0.2, -0.15) is 0 Å². The van der Waals surface area contributed by atoms with Gasteiger partial charge in [-0.25, -0.2) is 4.98 Å². The number of nitrogens with zero attached hydrogens (tertiary/aromatic N) is 1. The van der Waals surface area contributed by atoms with E-state index in [2.05, 4.69) is 15.3 Å². The molecule has 3 rings (SSSR count). The number of H-pyrrole nitrogens is 1. The molecule has 2 aromatic heterocycles. The van der Waals surface area contributed by atoms with E-state index in [1.54, 1.807) is 18.0 Å². The molecule has 2 atom stereocenters. The van der Waals surface area contributed by atoms with Gasteiger partial charge in [-0.1, -0.05) is 0 Å². The van der Waals surface area contributed by atoms with Crippen molar-refractivity contribution in [1.29, 1.82) is 0 Å². The average Bonchev–Trinajstić information content (AvgIpc) is 2.89. The van der Waals surface area contributed by atoms with Gasteiger partial charge < -0.3 is 10.1 Å². The molecular weight excluding hydrogens is 262 g/mol. The Hall–Kier alpha value is -1.53. The molecule has 1 fully saturated rings. The van der Waals surface area contributed by atoms with Crippen molar-refractivity contribution in [2.75, 3.05) is 0 Å². The van der Waals surface area contributed by atoms with Gasteiger partial charge in [-0.15, -0.1) is 11.8 Å². The fourth-order valence-electron chi connectivity index (χ4n) is 2.47. The highest BCUT2D eigenvalue weighted by Crippen LogP contribution is 2.47. The van der Waals surface area contributed by atoms with Crippen LogP contribution in [0.5, 0.6) is 0 Å². The van der Waals surface area contributed by atoms with E-state index in [1.165, 1.54) is 0 Å². The van der Waals surface area contributed by atoms with E-state index in [4.69, 9.17) is 0 Å². The highest BCUT2D eigenvalue weighted by Gasteiger charge is 2.46. The van der Waals surface area contributed by atoms with E-state index >= 15 is 0 Å². The van der Waals surface area contributed by atoms with Gasteiger partial charge in [0, 0.05) is 28.1 Å². The Morgan fingerprint density at radius 3 is 3.00 bits per heavy atom. The quantitative estimate of drug-likeness (QED) is 0.784. The Kier molecular flexibility index (Phi) is 2.79. The predicted molar refractivity (Wildman–Crippen MR) is 75.1 cm³/mol. The van der Waals surface area contributed by atoms with Crippen LogP contribution in [0, 0.1) is 0 Å². The lowest BCUT2D eigenvalue weighted by atomic mass is 10.0. The third-order valence-corrected chi connectivity index (χ3v) is 4.92. The van der Waals surface area contributed by atoms with Gasteiger partial charge in [-0.3, -0.25) is 10.1 Å². The molecule has 0 spiro atoms. The Labute approximate surface area is 114 Å². The molecule has 0 unspecified atom stereocenters. The Balaban J connectivity index is 1.98. The number of aromatic nitrogens is 2. The molecule has 0 radical (unpaired) electrons. The summed E-state index contributed by atoms with van der Waals surface area (Å²) in [4.78, 5) is 18.7. The van der Waals surface area contributed by atoms with Crippen LogP contribution < -0.4 is 5.32 Å². The molecule has 6 heteroatoms. The fraction of sp³-hybridized carbons (Fsp3) is 0.385. The van der Waals surface area contributed by atoms with Crippen LogP contribution in [0.2, 0.25) is 0 Å². The van der Waals surface area contributed by atoms with Crippen molar-refractivity contribution in [3.8, 4) is 0 Å². The average molecular weight is 277 g/mol. The Morgan fingerprint density at radius 1 is 1.53 bits per heavy atom. The summed E-state index contributed by atoms with van der Waals surface area (Å²) in [5.74, 6) is -0.807. The summed E-state index contributed by atoms with van der Waals surface area (Å²) in [6, 6.07) is 3.33. The predicted octanol–water partition coefficient (Wildman–Crippen LogP) is 2.13. The van der Waals surface area contributed by atoms with Gasteiger partial charge >= 0.3 is 5.97 Å². The summed E-state index contributed by atoms with van der Waals surface area (Å²) in [7, 11) is 0. The second-order valence-corrected chi connectivity index (χ2v) is 6.94. The largest absolute Gasteiger partial charge is 0.480 e. The SMILES string of the molecule is CC1(C)S[C@@H](c2c[nH]c3ncccc23)N[C@H]1C(=O)O. The van der Waals surface area contributed by atoms with Crippen molar-refractivity contribution < 1.29 is 9.90 Å². The van der Waals surface area contributed by atoms with Crippen molar-refractivity contribution >= 4 is 28.8 Å². The summed E-state index contributed by atoms with van der Waals surface area (Å²) in [5, 5.41) is 13.5. The van der Waals surface area contributed by atoms with Crippen LogP contribution in [0.4, 0.5) is 0 Å². The molecule has 0 bridgehead atoms. The van der Waals surface area contributed by atoms with Gasteiger partial charge in [0.15, 0.2) is 0 Å². The van der Waals surface area contributed by atoms with E-state index in [-0.39, 0.29) is 10.1 Å². The molecule has 0 aromatic carbocycles. The number of thioether (sulfide) groups is 1. The molecule has 100 valence electrons. The third kappa shape index (κ3) is 2.01. The van der Waals surface area contributed by atoms with Gasteiger partial charge in [0.25, 0.3) is 0 Å². The number of fused-ring (bicyclic) bond motifs is 1. The number of carboxylic acids is 1. The van der Waals surface area contributed by atoms with Crippen LogP contribution >= 0.6 is 11.8 Å². The zero-order chi connectivity index (χ0) is 13.6. The molecule has 1 saturated heterocycles. The maximum absolute atomic E-state index is 11.3. The molecule has 3 N–H and O–H groups in total. The number of pyridine rings is 1. The number of carboxylic acid groups (broad SMARTS) is 1. The summed E-state index contributed by atoms with van der Waals surface area (Å²) in [6.07, 6.45) is 3.64. The van der Waals surface area contributed by atoms with Crippen molar-refractivity contribution in [3.05, 3.63) is 30.1 Å². The second kappa shape index (κ2) is 4.25. The number of rotatable bonds is 2. The third-order valence-electron chi connectivity index (χ3n) is 3.45. The standard InChI is InChI=1S/C13H15N3O2S/c1-13(2)9(12(17)18)16-11(19-13)8-6-15-10-7(8)4-3-5-14-10/h3-6,9,11,16H,1-2H3,(H,14,15)(H,17,18)/t9-,11-/m0/s1. The van der Waals surface area contributed by atoms with Crippen molar-refractivity contribution in [2.24, 2.45) is 0 Å². The minimum atomic E-state index is -0.807. The van der Waals surface area contributed by atoms with E-state index in [0.717, 1.165) is 16.6 Å². The summed E-state index contributed by atoms with van der Waals surface area (Å²) in [5.41, 5.74) is 1.89. The first-order valence-electron chi connectivity index (χ1n) is 6.08. The molecule has 1 aliphatic heterocycles. The number of carbonyl (C=O) groups is 1. The molecule has 0 saturated carbocycles. The van der Waals surface area contributed by atoms with Crippen LogP contribution in [-0.2, 0) is 4.79 Å². The first kappa shape index (κ1) is 12.5. The normalized spacial score (nSPS) is 25.8. The van der Waals surface area contributed by atoms with E-state index in [1.807, 2.05) is 32.2 Å². The maximum Gasteiger partial charge on any atom is 0.322 e. The van der Waals surface area contributed by atoms with Crippen LogP contribution in [-0.4, -0.2) is 31.8 Å². The maximum atomic E-state index is 11.3. The zero-order valence-electron chi connectivity index (χ0n) is 10.7. The zero-order valence-corrected chi connectivity index (χ0v) is 11.5. The number of aliphatic carboxylic acids is 1. The molecule has 0 amide bonds. The number of aromatic amines is 1. The smallest absolute Gasteiger partial charge is 0.322 e. The molecule has 1 aliphatic rings. The van der Waals surface area contributed by atoms with Crippen molar-refractivity contribution in [2.45, 2.75) is 30.0 Å². The van der Waals surface area contributed by atoms with Crippen molar-refractivity contribution in [1.82, 2.24) is 15.3 Å². The highest BCUT2D eigenvalue weighted by atomic mass is 32.2. The van der Waals surface area contributed by atoms with Gasteiger partial charge in [0.1, 0.15) is 11.7 Å². The Bertz CT molecular complexity index is 638.